The van der Waals surface area contributed by atoms with Crippen molar-refractivity contribution in [3.05, 3.63) is 28.5 Å². The number of nitrogens with one attached hydrogen (secondary N) is 1. The Morgan fingerprint density at radius 3 is 2.88 bits per heavy atom. The van der Waals surface area contributed by atoms with E-state index in [0.717, 1.165) is 16.0 Å². The first-order chi connectivity index (χ1) is 11.5. The van der Waals surface area contributed by atoms with Crippen molar-refractivity contribution in [2.45, 2.75) is 45.6 Å². The summed E-state index contributed by atoms with van der Waals surface area (Å²) >= 11 is 1.45. The number of fused-ring (bicyclic) bond motifs is 1. The lowest BCUT2D eigenvalue weighted by Crippen LogP contribution is -2.14. The molecule has 0 aromatic carbocycles. The van der Waals surface area contributed by atoms with Crippen LogP contribution in [-0.2, 0) is 0 Å². The van der Waals surface area contributed by atoms with Crippen LogP contribution in [0.2, 0.25) is 0 Å². The summed E-state index contributed by atoms with van der Waals surface area (Å²) in [5, 5.41) is 17.8. The van der Waals surface area contributed by atoms with Crippen LogP contribution in [0.3, 0.4) is 0 Å². The Bertz CT molecular complexity index is 924. The molecule has 24 heavy (non-hydrogen) atoms. The van der Waals surface area contributed by atoms with E-state index in [0.29, 0.717) is 22.3 Å². The van der Waals surface area contributed by atoms with Gasteiger partial charge in [0.05, 0.1) is 17.5 Å². The van der Waals surface area contributed by atoms with Crippen LogP contribution in [0, 0.1) is 6.92 Å². The second-order valence-corrected chi connectivity index (χ2v) is 7.40. The van der Waals surface area contributed by atoms with E-state index >= 15 is 0 Å². The average Bonchev–Trinajstić information content (AvgIpc) is 3.14. The molecule has 0 aliphatic heterocycles. The first-order valence-electron chi connectivity index (χ1n) is 8.02. The number of hydrogen-bond donors (Lipinski definition) is 1. The number of nitrogens with zero attached hydrogens (tertiary/aromatic N) is 5. The maximum Gasteiger partial charge on any atom is 0.259 e. The summed E-state index contributed by atoms with van der Waals surface area (Å²) in [5.74, 6) is 0.326. The van der Waals surface area contributed by atoms with E-state index in [1.165, 1.54) is 24.2 Å². The third-order valence-corrected chi connectivity index (χ3v) is 5.08. The molecule has 1 fully saturated rings. The van der Waals surface area contributed by atoms with Gasteiger partial charge in [-0.05, 0) is 39.7 Å². The van der Waals surface area contributed by atoms with Crippen LogP contribution in [0.25, 0.3) is 11.0 Å². The van der Waals surface area contributed by atoms with Crippen molar-refractivity contribution in [2.75, 3.05) is 5.32 Å². The van der Waals surface area contributed by atoms with Gasteiger partial charge in [-0.15, -0.1) is 10.2 Å². The van der Waals surface area contributed by atoms with Gasteiger partial charge in [-0.2, -0.15) is 5.10 Å². The van der Waals surface area contributed by atoms with E-state index in [2.05, 4.69) is 39.4 Å². The molecule has 0 atom stereocenters. The number of aromatic nitrogens is 5. The van der Waals surface area contributed by atoms with Gasteiger partial charge >= 0.3 is 0 Å². The minimum atomic E-state index is -0.210. The molecular weight excluding hydrogens is 324 g/mol. The molecule has 8 heteroatoms. The zero-order valence-electron chi connectivity index (χ0n) is 13.8. The van der Waals surface area contributed by atoms with E-state index < -0.39 is 0 Å². The van der Waals surface area contributed by atoms with Gasteiger partial charge in [-0.3, -0.25) is 10.1 Å². The number of hydrogen-bond acceptors (Lipinski definition) is 6. The van der Waals surface area contributed by atoms with Gasteiger partial charge in [-0.25, -0.2) is 9.67 Å². The minimum Gasteiger partial charge on any atom is -0.296 e. The number of amides is 1. The molecule has 1 N–H and O–H groups in total. The van der Waals surface area contributed by atoms with Crippen LogP contribution in [0.15, 0.2) is 12.3 Å². The molecule has 7 nitrogen and oxygen atoms in total. The average molecular weight is 342 g/mol. The zero-order chi connectivity index (χ0) is 16.8. The third kappa shape index (κ3) is 2.66. The van der Waals surface area contributed by atoms with Gasteiger partial charge in [0, 0.05) is 17.3 Å². The van der Waals surface area contributed by atoms with E-state index in [4.69, 9.17) is 0 Å². The smallest absolute Gasteiger partial charge is 0.259 e. The molecule has 0 bridgehead atoms. The zero-order valence-corrected chi connectivity index (χ0v) is 14.6. The van der Waals surface area contributed by atoms with Crippen LogP contribution in [0.1, 0.15) is 59.7 Å². The summed E-state index contributed by atoms with van der Waals surface area (Å²) in [6, 6.07) is 2.05. The van der Waals surface area contributed by atoms with E-state index in [-0.39, 0.29) is 11.9 Å². The summed E-state index contributed by atoms with van der Waals surface area (Å²) in [6.45, 7) is 5.94. The Hall–Kier alpha value is -2.35. The van der Waals surface area contributed by atoms with Gasteiger partial charge in [0.1, 0.15) is 5.01 Å². The predicted molar refractivity (Wildman–Crippen MR) is 92.5 cm³/mol. The van der Waals surface area contributed by atoms with Crippen molar-refractivity contribution in [2.24, 2.45) is 0 Å². The number of pyridine rings is 1. The fourth-order valence-electron chi connectivity index (χ4n) is 2.62. The first-order valence-corrected chi connectivity index (χ1v) is 8.84. The molecule has 1 aliphatic rings. The SMILES string of the molecule is Cc1nc2c(cnn2C(C)C)cc1C(=O)Nc1nnc(C2CC2)s1. The Kier molecular flexibility index (Phi) is 3.56. The number of carbonyl (C=O) groups is 1. The summed E-state index contributed by atoms with van der Waals surface area (Å²) in [5.41, 5.74) is 2.01. The van der Waals surface area contributed by atoms with Gasteiger partial charge in [0.15, 0.2) is 5.65 Å². The maximum absolute atomic E-state index is 12.6. The van der Waals surface area contributed by atoms with Crippen molar-refractivity contribution in [1.82, 2.24) is 25.0 Å². The fourth-order valence-corrected chi connectivity index (χ4v) is 3.53. The fraction of sp³-hybridized carbons (Fsp3) is 0.438. The molecule has 1 amide bonds. The summed E-state index contributed by atoms with van der Waals surface area (Å²) < 4.78 is 1.86. The lowest BCUT2D eigenvalue weighted by molar-refractivity contribution is 0.102. The van der Waals surface area contributed by atoms with E-state index in [1.54, 1.807) is 6.20 Å². The van der Waals surface area contributed by atoms with Crippen molar-refractivity contribution in [3.63, 3.8) is 0 Å². The van der Waals surface area contributed by atoms with Crippen LogP contribution in [0.4, 0.5) is 5.13 Å². The molecule has 1 saturated carbocycles. The highest BCUT2D eigenvalue weighted by atomic mass is 32.1. The predicted octanol–water partition coefficient (Wildman–Crippen LogP) is 3.30. The van der Waals surface area contributed by atoms with Crippen molar-refractivity contribution < 1.29 is 4.79 Å². The minimum absolute atomic E-state index is 0.210. The molecule has 0 saturated heterocycles. The third-order valence-electron chi connectivity index (χ3n) is 4.08. The number of rotatable bonds is 4. The maximum atomic E-state index is 12.6. The standard InChI is InChI=1S/C16H18N6OS/c1-8(2)22-13-11(7-17-22)6-12(9(3)18-13)14(23)19-16-21-20-15(24-16)10-4-5-10/h6-8,10H,4-5H2,1-3H3,(H,19,21,23). The van der Waals surface area contributed by atoms with Crippen LogP contribution in [0.5, 0.6) is 0 Å². The Morgan fingerprint density at radius 1 is 1.38 bits per heavy atom. The van der Waals surface area contributed by atoms with Gasteiger partial charge in [-0.1, -0.05) is 11.3 Å². The topological polar surface area (TPSA) is 85.6 Å². The highest BCUT2D eigenvalue weighted by molar-refractivity contribution is 7.15. The van der Waals surface area contributed by atoms with E-state index in [9.17, 15) is 4.79 Å². The van der Waals surface area contributed by atoms with Crippen LogP contribution < -0.4 is 5.32 Å². The molecule has 3 heterocycles. The lowest BCUT2D eigenvalue weighted by atomic mass is 10.1. The Labute approximate surface area is 143 Å². The Balaban J connectivity index is 1.62. The molecular formula is C16H18N6OS. The lowest BCUT2D eigenvalue weighted by Gasteiger charge is -2.08. The highest BCUT2D eigenvalue weighted by Gasteiger charge is 2.28. The summed E-state index contributed by atoms with van der Waals surface area (Å²) in [6.07, 6.45) is 4.08. The number of aryl methyl sites for hydroxylation is 1. The molecule has 0 spiro atoms. The molecule has 1 aliphatic carbocycles. The molecule has 124 valence electrons. The molecule has 0 radical (unpaired) electrons. The molecule has 3 aromatic rings. The van der Waals surface area contributed by atoms with Crippen LogP contribution >= 0.6 is 11.3 Å². The second-order valence-electron chi connectivity index (χ2n) is 6.39. The molecule has 0 unspecified atom stereocenters. The van der Waals surface area contributed by atoms with Crippen molar-refractivity contribution >= 4 is 33.4 Å². The number of anilines is 1. The van der Waals surface area contributed by atoms with E-state index in [1.807, 2.05) is 17.7 Å². The van der Waals surface area contributed by atoms with Crippen molar-refractivity contribution in [3.8, 4) is 0 Å². The Morgan fingerprint density at radius 2 is 2.17 bits per heavy atom. The summed E-state index contributed by atoms with van der Waals surface area (Å²) in [4.78, 5) is 17.1. The quantitative estimate of drug-likeness (QED) is 0.786. The van der Waals surface area contributed by atoms with Gasteiger partial charge in [0.25, 0.3) is 5.91 Å². The van der Waals surface area contributed by atoms with Gasteiger partial charge < -0.3 is 0 Å². The molecule has 3 aromatic heterocycles. The van der Waals surface area contributed by atoms with Crippen molar-refractivity contribution in [1.29, 1.82) is 0 Å². The number of carbonyl (C=O) groups excluding carboxylic acids is 1. The monoisotopic (exact) mass is 342 g/mol. The molecule has 4 rings (SSSR count). The second kappa shape index (κ2) is 5.62. The normalized spacial score (nSPS) is 14.5. The summed E-state index contributed by atoms with van der Waals surface area (Å²) in [7, 11) is 0. The van der Waals surface area contributed by atoms with Gasteiger partial charge in [0.2, 0.25) is 5.13 Å². The largest absolute Gasteiger partial charge is 0.296 e. The first kappa shape index (κ1) is 15.2. The highest BCUT2D eigenvalue weighted by Crippen LogP contribution is 2.42. The van der Waals surface area contributed by atoms with Crippen LogP contribution in [-0.4, -0.2) is 30.9 Å².